The molecule has 1 amide bonds. The topological polar surface area (TPSA) is 59.2 Å². The number of thiophene rings is 1. The molecule has 6 heteroatoms. The second-order valence-corrected chi connectivity index (χ2v) is 8.39. The van der Waals surface area contributed by atoms with Crippen molar-refractivity contribution in [3.8, 4) is 22.6 Å². The fourth-order valence-corrected chi connectivity index (χ4v) is 4.07. The Morgan fingerprint density at radius 1 is 1.03 bits per heavy atom. The minimum absolute atomic E-state index is 0.112. The van der Waals surface area contributed by atoms with Crippen LogP contribution >= 0.6 is 11.3 Å². The maximum Gasteiger partial charge on any atom is 0.247 e. The van der Waals surface area contributed by atoms with E-state index in [1.165, 1.54) is 4.88 Å². The van der Waals surface area contributed by atoms with E-state index in [9.17, 15) is 4.79 Å². The molecule has 4 aromatic rings. The maximum absolute atomic E-state index is 12.6. The Morgan fingerprint density at radius 2 is 1.80 bits per heavy atom. The van der Waals surface area contributed by atoms with E-state index in [4.69, 9.17) is 4.42 Å². The van der Waals surface area contributed by atoms with Crippen LogP contribution in [-0.4, -0.2) is 28.1 Å². The van der Waals surface area contributed by atoms with Gasteiger partial charge in [0.05, 0.1) is 13.0 Å². The van der Waals surface area contributed by atoms with Crippen LogP contribution in [0, 0.1) is 13.8 Å². The Balaban J connectivity index is 1.49. The average Bonchev–Trinajstić information content (AvgIpc) is 3.41. The van der Waals surface area contributed by atoms with E-state index in [0.717, 1.165) is 27.8 Å². The molecule has 2 aromatic heterocycles. The van der Waals surface area contributed by atoms with Gasteiger partial charge in [0.2, 0.25) is 17.7 Å². The maximum atomic E-state index is 12.6. The Labute approximate surface area is 180 Å². The third-order valence-corrected chi connectivity index (χ3v) is 5.89. The van der Waals surface area contributed by atoms with E-state index >= 15 is 0 Å². The molecule has 2 aromatic carbocycles. The molecule has 0 saturated carbocycles. The Morgan fingerprint density at radius 3 is 2.47 bits per heavy atom. The smallest absolute Gasteiger partial charge is 0.247 e. The van der Waals surface area contributed by atoms with E-state index in [2.05, 4.69) is 47.5 Å². The molecule has 152 valence electrons. The summed E-state index contributed by atoms with van der Waals surface area (Å²) in [7, 11) is 1.85. The Hall–Kier alpha value is -3.25. The number of aryl methyl sites for hydroxylation is 2. The number of carbonyl (C=O) groups is 1. The van der Waals surface area contributed by atoms with Gasteiger partial charge in [0.15, 0.2) is 0 Å². The number of amides is 1. The number of hydrogen-bond donors (Lipinski definition) is 0. The quantitative estimate of drug-likeness (QED) is 0.428. The highest BCUT2D eigenvalue weighted by Gasteiger charge is 2.12. The van der Waals surface area contributed by atoms with Crippen molar-refractivity contribution in [1.29, 1.82) is 0 Å². The van der Waals surface area contributed by atoms with E-state index in [1.807, 2.05) is 36.7 Å². The summed E-state index contributed by atoms with van der Waals surface area (Å²) in [5, 5.41) is 10.1. The Kier molecular flexibility index (Phi) is 5.77. The van der Waals surface area contributed by atoms with Gasteiger partial charge in [0, 0.05) is 24.4 Å². The molecule has 30 heavy (non-hydrogen) atoms. The largest absolute Gasteiger partial charge is 0.421 e. The number of hydrogen-bond acceptors (Lipinski definition) is 5. The van der Waals surface area contributed by atoms with Gasteiger partial charge < -0.3 is 9.32 Å². The molecule has 0 aliphatic carbocycles. The summed E-state index contributed by atoms with van der Waals surface area (Å²) in [5.41, 5.74) is 5.26. The van der Waals surface area contributed by atoms with Crippen LogP contribution in [0.15, 0.2) is 64.4 Å². The summed E-state index contributed by atoms with van der Waals surface area (Å²) in [6.07, 6.45) is 0.391. The van der Waals surface area contributed by atoms with Gasteiger partial charge in [-0.25, -0.2) is 0 Å². The first-order valence-corrected chi connectivity index (χ1v) is 10.6. The van der Waals surface area contributed by atoms with Crippen molar-refractivity contribution in [3.63, 3.8) is 0 Å². The van der Waals surface area contributed by atoms with E-state index in [1.54, 1.807) is 23.2 Å². The summed E-state index contributed by atoms with van der Waals surface area (Å²) >= 11 is 1.67. The zero-order valence-corrected chi connectivity index (χ0v) is 18.1. The standard InChI is InChI=1S/C24H23N3O2S/c1-16-6-9-20(24-26-25-17(2)29-24)14-22(16)19-10-7-18(8-11-19)13-23(28)27(3)15-21-5-4-12-30-21/h4-12,14H,13,15H2,1-3H3. The van der Waals surface area contributed by atoms with Crippen LogP contribution in [-0.2, 0) is 17.8 Å². The van der Waals surface area contributed by atoms with Crippen LogP contribution < -0.4 is 0 Å². The van der Waals surface area contributed by atoms with Gasteiger partial charge in [0.1, 0.15) is 0 Å². The molecule has 5 nitrogen and oxygen atoms in total. The van der Waals surface area contributed by atoms with Gasteiger partial charge in [-0.1, -0.05) is 36.4 Å². The van der Waals surface area contributed by atoms with E-state index in [-0.39, 0.29) is 5.91 Å². The van der Waals surface area contributed by atoms with Gasteiger partial charge in [-0.3, -0.25) is 4.79 Å². The predicted molar refractivity (Wildman–Crippen MR) is 119 cm³/mol. The molecule has 0 bridgehead atoms. The summed E-state index contributed by atoms with van der Waals surface area (Å²) in [5.74, 6) is 1.18. The SMILES string of the molecule is Cc1nnc(-c2ccc(C)c(-c3ccc(CC(=O)N(C)Cc4cccs4)cc3)c2)o1. The highest BCUT2D eigenvalue weighted by Crippen LogP contribution is 2.29. The molecule has 0 aliphatic heterocycles. The van der Waals surface area contributed by atoms with Crippen molar-refractivity contribution in [2.75, 3.05) is 7.05 Å². The van der Waals surface area contributed by atoms with Gasteiger partial charge in [-0.05, 0) is 52.8 Å². The predicted octanol–water partition coefficient (Wildman–Crippen LogP) is 5.28. The molecule has 0 unspecified atom stereocenters. The zero-order chi connectivity index (χ0) is 21.1. The lowest BCUT2D eigenvalue weighted by Crippen LogP contribution is -2.27. The lowest BCUT2D eigenvalue weighted by atomic mass is 9.96. The number of benzene rings is 2. The first kappa shape index (κ1) is 20.0. The van der Waals surface area contributed by atoms with Gasteiger partial charge in [0.25, 0.3) is 0 Å². The van der Waals surface area contributed by atoms with Crippen LogP contribution in [0.5, 0.6) is 0 Å². The number of aromatic nitrogens is 2. The molecule has 4 rings (SSSR count). The Bertz CT molecular complexity index is 1150. The first-order valence-electron chi connectivity index (χ1n) is 9.76. The van der Waals surface area contributed by atoms with Crippen LogP contribution in [0.1, 0.15) is 21.9 Å². The lowest BCUT2D eigenvalue weighted by molar-refractivity contribution is -0.129. The average molecular weight is 418 g/mol. The van der Waals surface area contributed by atoms with E-state index in [0.29, 0.717) is 24.7 Å². The highest BCUT2D eigenvalue weighted by atomic mass is 32.1. The summed E-state index contributed by atoms with van der Waals surface area (Å²) in [4.78, 5) is 15.5. The molecule has 0 atom stereocenters. The van der Waals surface area contributed by atoms with Crippen LogP contribution in [0.3, 0.4) is 0 Å². The molecular weight excluding hydrogens is 394 g/mol. The third kappa shape index (κ3) is 4.49. The van der Waals surface area contributed by atoms with Crippen molar-refractivity contribution >= 4 is 17.2 Å². The number of likely N-dealkylation sites (N-methyl/N-ethyl adjacent to an activating group) is 1. The molecule has 0 radical (unpaired) electrons. The van der Waals surface area contributed by atoms with Gasteiger partial charge in [-0.2, -0.15) is 0 Å². The van der Waals surface area contributed by atoms with Crippen molar-refractivity contribution in [1.82, 2.24) is 15.1 Å². The second kappa shape index (κ2) is 8.63. The molecule has 0 spiro atoms. The first-order chi connectivity index (χ1) is 14.5. The van der Waals surface area contributed by atoms with Gasteiger partial charge in [-0.15, -0.1) is 21.5 Å². The minimum atomic E-state index is 0.112. The number of rotatable bonds is 6. The van der Waals surface area contributed by atoms with Gasteiger partial charge >= 0.3 is 0 Å². The molecule has 0 aliphatic rings. The van der Waals surface area contributed by atoms with Crippen LogP contribution in [0.4, 0.5) is 0 Å². The molecular formula is C24H23N3O2S. The number of carbonyl (C=O) groups excluding carboxylic acids is 1. The summed E-state index contributed by atoms with van der Waals surface area (Å²) < 4.78 is 5.56. The molecule has 0 N–H and O–H groups in total. The van der Waals surface area contributed by atoms with Crippen LogP contribution in [0.25, 0.3) is 22.6 Å². The van der Waals surface area contributed by atoms with Crippen molar-refractivity contribution in [2.45, 2.75) is 26.8 Å². The molecule has 0 fully saturated rings. The lowest BCUT2D eigenvalue weighted by Gasteiger charge is -2.16. The monoisotopic (exact) mass is 417 g/mol. The zero-order valence-electron chi connectivity index (χ0n) is 17.3. The fourth-order valence-electron chi connectivity index (χ4n) is 3.32. The van der Waals surface area contributed by atoms with E-state index < -0.39 is 0 Å². The normalized spacial score (nSPS) is 10.9. The highest BCUT2D eigenvalue weighted by molar-refractivity contribution is 7.09. The van der Waals surface area contributed by atoms with Crippen molar-refractivity contribution in [3.05, 3.63) is 81.9 Å². The van der Waals surface area contributed by atoms with Crippen molar-refractivity contribution < 1.29 is 9.21 Å². The molecule has 0 saturated heterocycles. The third-order valence-electron chi connectivity index (χ3n) is 5.03. The van der Waals surface area contributed by atoms with Crippen molar-refractivity contribution in [2.24, 2.45) is 0 Å². The fraction of sp³-hybridized carbons (Fsp3) is 0.208. The minimum Gasteiger partial charge on any atom is -0.421 e. The second-order valence-electron chi connectivity index (χ2n) is 7.36. The summed E-state index contributed by atoms with van der Waals surface area (Å²) in [6.45, 7) is 4.51. The number of nitrogens with zero attached hydrogens (tertiary/aromatic N) is 3. The summed E-state index contributed by atoms with van der Waals surface area (Å²) in [6, 6.07) is 18.3. The molecule has 2 heterocycles. The van der Waals surface area contributed by atoms with Crippen LogP contribution in [0.2, 0.25) is 0 Å².